The van der Waals surface area contributed by atoms with Gasteiger partial charge in [-0.2, -0.15) is 0 Å². The lowest BCUT2D eigenvalue weighted by Crippen LogP contribution is -2.53. The van der Waals surface area contributed by atoms with Gasteiger partial charge in [0.15, 0.2) is 11.0 Å². The van der Waals surface area contributed by atoms with E-state index < -0.39 is 11.4 Å². The number of para-hydroxylation sites is 2. The predicted molar refractivity (Wildman–Crippen MR) is 118 cm³/mol. The van der Waals surface area contributed by atoms with Crippen LogP contribution in [0.15, 0.2) is 70.4 Å². The van der Waals surface area contributed by atoms with Gasteiger partial charge in [0, 0.05) is 18.7 Å². The van der Waals surface area contributed by atoms with Crippen molar-refractivity contribution >= 4 is 28.5 Å². The number of hydrogen-bond acceptors (Lipinski definition) is 4. The van der Waals surface area contributed by atoms with Crippen LogP contribution >= 0.6 is 0 Å². The molecule has 0 radical (unpaired) electrons. The van der Waals surface area contributed by atoms with E-state index in [0.29, 0.717) is 35.2 Å². The average molecular weight is 414 g/mol. The number of amides is 2. The number of benzene rings is 2. The van der Waals surface area contributed by atoms with Gasteiger partial charge in [-0.15, -0.1) is 6.58 Å². The number of nitrogens with zero attached hydrogens (tertiary/aromatic N) is 2. The maximum Gasteiger partial charge on any atom is 0.291 e. The molecule has 0 unspecified atom stereocenters. The van der Waals surface area contributed by atoms with Crippen LogP contribution in [0.5, 0.6) is 0 Å². The van der Waals surface area contributed by atoms with Gasteiger partial charge < -0.3 is 14.2 Å². The van der Waals surface area contributed by atoms with Gasteiger partial charge in [0.1, 0.15) is 5.58 Å². The molecule has 2 aromatic carbocycles. The molecule has 2 aliphatic rings. The smallest absolute Gasteiger partial charge is 0.291 e. The second-order valence-electron chi connectivity index (χ2n) is 7.87. The zero-order valence-electron chi connectivity index (χ0n) is 17.3. The van der Waals surface area contributed by atoms with Crippen LogP contribution in [0.25, 0.3) is 11.0 Å². The fourth-order valence-electron chi connectivity index (χ4n) is 4.86. The lowest BCUT2D eigenvalue weighted by Gasteiger charge is -2.34. The molecule has 3 aromatic rings. The maximum absolute atomic E-state index is 14.1. The Bertz CT molecular complexity index is 1310. The molecule has 0 bridgehead atoms. The topological polar surface area (TPSA) is 70.8 Å². The molecule has 156 valence electrons. The van der Waals surface area contributed by atoms with Crippen LogP contribution in [0.2, 0.25) is 0 Å². The van der Waals surface area contributed by atoms with E-state index in [2.05, 4.69) is 6.58 Å². The molecule has 0 N–H and O–H groups in total. The van der Waals surface area contributed by atoms with Gasteiger partial charge in [-0.3, -0.25) is 14.4 Å². The van der Waals surface area contributed by atoms with Crippen molar-refractivity contribution in [1.82, 2.24) is 4.90 Å². The lowest BCUT2D eigenvalue weighted by molar-refractivity contribution is -0.126. The van der Waals surface area contributed by atoms with Gasteiger partial charge >= 0.3 is 0 Å². The maximum atomic E-state index is 14.1. The highest BCUT2D eigenvalue weighted by Gasteiger charge is 2.64. The van der Waals surface area contributed by atoms with Crippen molar-refractivity contribution in [2.45, 2.75) is 25.3 Å². The molecule has 0 fully saturated rings. The second kappa shape index (κ2) is 6.94. The van der Waals surface area contributed by atoms with Gasteiger partial charge in [-0.25, -0.2) is 0 Å². The van der Waals surface area contributed by atoms with Crippen molar-refractivity contribution in [3.8, 4) is 0 Å². The summed E-state index contributed by atoms with van der Waals surface area (Å²) in [6.45, 7) is 6.42. The van der Waals surface area contributed by atoms with E-state index in [0.717, 1.165) is 6.42 Å². The van der Waals surface area contributed by atoms with Crippen LogP contribution in [0.3, 0.4) is 0 Å². The molecule has 2 aliphatic heterocycles. The summed E-state index contributed by atoms with van der Waals surface area (Å²) >= 11 is 0. The fourth-order valence-corrected chi connectivity index (χ4v) is 4.86. The molecule has 0 saturated heterocycles. The predicted octanol–water partition coefficient (Wildman–Crippen LogP) is 3.83. The first-order valence-corrected chi connectivity index (χ1v) is 10.5. The van der Waals surface area contributed by atoms with E-state index >= 15 is 0 Å². The standard InChI is InChI=1S/C25H22N2O4/c1-3-5-15-27-23(29)22-20(21(28)16-10-6-9-13-19(16)31-22)25(27)17-11-7-8-12-18(17)26(14-4-2)24(25)30/h4,6-13H,2-3,5,14-15H2,1H3/t25-/m0/s1. The van der Waals surface area contributed by atoms with Gasteiger partial charge in [0.05, 0.1) is 16.6 Å². The van der Waals surface area contributed by atoms with Crippen molar-refractivity contribution in [2.24, 2.45) is 0 Å². The molecule has 0 saturated carbocycles. The van der Waals surface area contributed by atoms with Crippen LogP contribution in [0.4, 0.5) is 5.69 Å². The van der Waals surface area contributed by atoms with E-state index in [1.165, 1.54) is 4.90 Å². The summed E-state index contributed by atoms with van der Waals surface area (Å²) < 4.78 is 5.97. The van der Waals surface area contributed by atoms with E-state index in [4.69, 9.17) is 4.42 Å². The van der Waals surface area contributed by atoms with Crippen LogP contribution in [0.1, 0.15) is 41.4 Å². The van der Waals surface area contributed by atoms with Gasteiger partial charge in [-0.05, 0) is 24.6 Å². The minimum Gasteiger partial charge on any atom is -0.450 e. The molecular weight excluding hydrogens is 392 g/mol. The number of hydrogen-bond donors (Lipinski definition) is 0. The summed E-state index contributed by atoms with van der Waals surface area (Å²) in [7, 11) is 0. The van der Waals surface area contributed by atoms with Gasteiger partial charge in [-0.1, -0.05) is 49.8 Å². The van der Waals surface area contributed by atoms with Crippen LogP contribution < -0.4 is 10.3 Å². The number of rotatable bonds is 5. The number of carbonyl (C=O) groups excluding carboxylic acids is 2. The summed E-state index contributed by atoms with van der Waals surface area (Å²) in [4.78, 5) is 44.5. The van der Waals surface area contributed by atoms with E-state index in [1.807, 2.05) is 31.2 Å². The molecule has 1 aromatic heterocycles. The van der Waals surface area contributed by atoms with Crippen molar-refractivity contribution < 1.29 is 14.0 Å². The molecule has 5 rings (SSSR count). The Morgan fingerprint density at radius 2 is 1.81 bits per heavy atom. The van der Waals surface area contributed by atoms with Crippen molar-refractivity contribution in [3.05, 3.63) is 88.3 Å². The molecule has 31 heavy (non-hydrogen) atoms. The average Bonchev–Trinajstić information content (AvgIpc) is 3.18. The number of fused-ring (bicyclic) bond motifs is 5. The zero-order valence-corrected chi connectivity index (χ0v) is 17.3. The number of anilines is 1. The lowest BCUT2D eigenvalue weighted by atomic mass is 9.84. The van der Waals surface area contributed by atoms with Crippen LogP contribution in [-0.2, 0) is 10.3 Å². The summed E-state index contributed by atoms with van der Waals surface area (Å²) in [5.41, 5.74) is -0.0844. The third-order valence-electron chi connectivity index (χ3n) is 6.19. The minimum atomic E-state index is -1.52. The molecule has 0 aliphatic carbocycles. The number of carbonyl (C=O) groups is 2. The Morgan fingerprint density at radius 1 is 1.06 bits per heavy atom. The Labute approximate surface area is 179 Å². The Balaban J connectivity index is 1.91. The van der Waals surface area contributed by atoms with E-state index in [9.17, 15) is 14.4 Å². The third-order valence-corrected chi connectivity index (χ3v) is 6.19. The van der Waals surface area contributed by atoms with Gasteiger partial charge in [0.25, 0.3) is 11.8 Å². The molecule has 6 heteroatoms. The zero-order chi connectivity index (χ0) is 21.8. The molecule has 6 nitrogen and oxygen atoms in total. The first-order valence-electron chi connectivity index (χ1n) is 10.5. The first-order chi connectivity index (χ1) is 15.1. The fraction of sp³-hybridized carbons (Fsp3) is 0.240. The largest absolute Gasteiger partial charge is 0.450 e. The number of unbranched alkanes of at least 4 members (excludes halogenated alkanes) is 1. The normalized spacial score (nSPS) is 19.4. The summed E-state index contributed by atoms with van der Waals surface area (Å²) in [6.07, 6.45) is 3.18. The van der Waals surface area contributed by atoms with Gasteiger partial charge in [0.2, 0.25) is 5.76 Å². The monoisotopic (exact) mass is 414 g/mol. The molecule has 2 amide bonds. The Hall–Kier alpha value is -3.67. The van der Waals surface area contributed by atoms with E-state index in [-0.39, 0.29) is 29.2 Å². The first kappa shape index (κ1) is 19.3. The summed E-state index contributed by atoms with van der Waals surface area (Å²) in [6, 6.07) is 14.2. The molecular formula is C25H22N2O4. The molecule has 3 heterocycles. The highest BCUT2D eigenvalue weighted by atomic mass is 16.3. The van der Waals surface area contributed by atoms with Crippen LogP contribution in [-0.4, -0.2) is 29.8 Å². The Morgan fingerprint density at radius 3 is 2.58 bits per heavy atom. The third kappa shape index (κ3) is 2.36. The minimum absolute atomic E-state index is 0.0385. The van der Waals surface area contributed by atoms with Crippen LogP contribution in [0, 0.1) is 0 Å². The Kier molecular flexibility index (Phi) is 4.32. The van der Waals surface area contributed by atoms with Crippen molar-refractivity contribution in [3.63, 3.8) is 0 Å². The quantitative estimate of drug-likeness (QED) is 0.595. The highest BCUT2D eigenvalue weighted by Crippen LogP contribution is 2.52. The SMILES string of the molecule is C=CCN1C(=O)[C@]2(c3ccccc31)c1c(oc3ccccc3c1=O)C(=O)N2CCCC. The summed E-state index contributed by atoms with van der Waals surface area (Å²) in [5.74, 6) is -0.780. The summed E-state index contributed by atoms with van der Waals surface area (Å²) in [5, 5.41) is 0.359. The molecule has 1 spiro atoms. The van der Waals surface area contributed by atoms with Crippen molar-refractivity contribution in [2.75, 3.05) is 18.0 Å². The van der Waals surface area contributed by atoms with E-state index in [1.54, 1.807) is 35.2 Å². The second-order valence-corrected chi connectivity index (χ2v) is 7.87. The van der Waals surface area contributed by atoms with Crippen molar-refractivity contribution in [1.29, 1.82) is 0 Å². The highest BCUT2D eigenvalue weighted by molar-refractivity contribution is 6.17. The molecule has 1 atom stereocenters.